The number of rotatable bonds is 4. The van der Waals surface area contributed by atoms with Crippen molar-refractivity contribution in [3.05, 3.63) is 57.0 Å². The molecule has 1 atom stereocenters. The largest absolute Gasteiger partial charge is 0.501 e. The molecule has 3 N–H and O–H groups in total. The fourth-order valence-electron chi connectivity index (χ4n) is 2.95. The summed E-state index contributed by atoms with van der Waals surface area (Å²) < 4.78 is 20.1. The molecule has 2 heterocycles. The van der Waals surface area contributed by atoms with Gasteiger partial charge >= 0.3 is 0 Å². The zero-order valence-corrected chi connectivity index (χ0v) is 15.3. The second-order valence-electron chi connectivity index (χ2n) is 6.20. The molecule has 0 saturated heterocycles. The van der Waals surface area contributed by atoms with Gasteiger partial charge in [-0.3, -0.25) is 19.0 Å². The highest BCUT2D eigenvalue weighted by Crippen LogP contribution is 2.21. The summed E-state index contributed by atoms with van der Waals surface area (Å²) in [6, 6.07) is 3.58. The SMILES string of the molecule is CNC(=O)c1cc(F)ccc1CNC(=O)c1nc2n(c(=O)c1O)CCOC2C. The standard InChI is InChI=1S/C18H19FN4O5/c1-9-15-22-13(14(24)18(27)23(15)5-6-28-9)17(26)21-8-10-3-4-11(19)7-12(10)16(25)20-2/h3-4,7,9,24H,5-6,8H2,1-2H3,(H,20,25)(H,21,26). The molecule has 1 aliphatic rings. The Labute approximate surface area is 159 Å². The van der Waals surface area contributed by atoms with E-state index >= 15 is 0 Å². The van der Waals surface area contributed by atoms with E-state index in [1.54, 1.807) is 6.92 Å². The number of carbonyl (C=O) groups is 2. The van der Waals surface area contributed by atoms with E-state index < -0.39 is 40.7 Å². The predicted octanol–water partition coefficient (Wildman–Crippen LogP) is 0.469. The van der Waals surface area contributed by atoms with Crippen LogP contribution in [0.2, 0.25) is 0 Å². The van der Waals surface area contributed by atoms with E-state index in [4.69, 9.17) is 4.74 Å². The lowest BCUT2D eigenvalue weighted by Gasteiger charge is -2.24. The third kappa shape index (κ3) is 3.58. The zero-order valence-electron chi connectivity index (χ0n) is 15.3. The van der Waals surface area contributed by atoms with Crippen molar-refractivity contribution in [3.63, 3.8) is 0 Å². The van der Waals surface area contributed by atoms with Gasteiger partial charge in [0.05, 0.1) is 13.2 Å². The number of hydrogen-bond donors (Lipinski definition) is 3. The van der Waals surface area contributed by atoms with Gasteiger partial charge in [-0.15, -0.1) is 0 Å². The predicted molar refractivity (Wildman–Crippen MR) is 95.5 cm³/mol. The molecule has 1 aromatic heterocycles. The maximum absolute atomic E-state index is 13.4. The molecule has 0 saturated carbocycles. The van der Waals surface area contributed by atoms with Gasteiger partial charge in [0, 0.05) is 19.2 Å². The normalized spacial score (nSPS) is 15.6. The minimum Gasteiger partial charge on any atom is -0.501 e. The lowest BCUT2D eigenvalue weighted by molar-refractivity contribution is 0.0256. The number of halogens is 1. The fraction of sp³-hybridized carbons (Fsp3) is 0.333. The molecule has 9 nitrogen and oxygen atoms in total. The van der Waals surface area contributed by atoms with Gasteiger partial charge in [-0.2, -0.15) is 0 Å². The van der Waals surface area contributed by atoms with Gasteiger partial charge in [0.15, 0.2) is 5.69 Å². The third-order valence-corrected chi connectivity index (χ3v) is 4.42. The topological polar surface area (TPSA) is 123 Å². The van der Waals surface area contributed by atoms with Gasteiger partial charge in [0.25, 0.3) is 17.4 Å². The molecule has 0 bridgehead atoms. The molecule has 10 heteroatoms. The van der Waals surface area contributed by atoms with Gasteiger partial charge in [-0.25, -0.2) is 9.37 Å². The van der Waals surface area contributed by atoms with Crippen LogP contribution < -0.4 is 16.2 Å². The van der Waals surface area contributed by atoms with Gasteiger partial charge in [-0.05, 0) is 24.6 Å². The lowest BCUT2D eigenvalue weighted by atomic mass is 10.1. The molecule has 148 valence electrons. The molecule has 0 spiro atoms. The molecule has 3 rings (SSSR count). The van der Waals surface area contributed by atoms with E-state index in [0.717, 1.165) is 12.1 Å². The van der Waals surface area contributed by atoms with Gasteiger partial charge < -0.3 is 20.5 Å². The maximum Gasteiger partial charge on any atom is 0.296 e. The lowest BCUT2D eigenvalue weighted by Crippen LogP contribution is -2.36. The third-order valence-electron chi connectivity index (χ3n) is 4.42. The quantitative estimate of drug-likeness (QED) is 0.698. The average molecular weight is 390 g/mol. The van der Waals surface area contributed by atoms with Crippen LogP contribution in [-0.2, 0) is 17.8 Å². The Hall–Kier alpha value is -3.27. The highest BCUT2D eigenvalue weighted by atomic mass is 19.1. The number of nitrogens with zero attached hydrogens (tertiary/aromatic N) is 2. The van der Waals surface area contributed by atoms with Crippen molar-refractivity contribution in [2.45, 2.75) is 26.1 Å². The highest BCUT2D eigenvalue weighted by molar-refractivity contribution is 5.96. The van der Waals surface area contributed by atoms with Crippen molar-refractivity contribution in [1.82, 2.24) is 20.2 Å². The molecule has 0 fully saturated rings. The second kappa shape index (κ2) is 7.77. The van der Waals surface area contributed by atoms with Crippen LogP contribution in [0.1, 0.15) is 45.3 Å². The minimum absolute atomic E-state index is 0.0625. The van der Waals surface area contributed by atoms with Crippen LogP contribution in [0.25, 0.3) is 0 Å². The summed E-state index contributed by atoms with van der Waals surface area (Å²) in [6.07, 6.45) is -0.509. The van der Waals surface area contributed by atoms with Crippen LogP contribution in [0.15, 0.2) is 23.0 Å². The Balaban J connectivity index is 1.87. The molecule has 2 amide bonds. The zero-order chi connectivity index (χ0) is 20.4. The Kier molecular flexibility index (Phi) is 5.41. The average Bonchev–Trinajstić information content (AvgIpc) is 2.69. The summed E-state index contributed by atoms with van der Waals surface area (Å²) in [4.78, 5) is 40.8. The monoisotopic (exact) mass is 390 g/mol. The summed E-state index contributed by atoms with van der Waals surface area (Å²) in [5.41, 5.74) is -0.733. The number of aromatic hydroxyl groups is 1. The van der Waals surface area contributed by atoms with Crippen LogP contribution in [0.3, 0.4) is 0 Å². The Morgan fingerprint density at radius 2 is 2.14 bits per heavy atom. The first-order valence-corrected chi connectivity index (χ1v) is 8.57. The van der Waals surface area contributed by atoms with Crippen LogP contribution >= 0.6 is 0 Å². The van der Waals surface area contributed by atoms with Gasteiger partial charge in [-0.1, -0.05) is 6.07 Å². The van der Waals surface area contributed by atoms with E-state index in [0.29, 0.717) is 12.2 Å². The molecule has 0 radical (unpaired) electrons. The Morgan fingerprint density at radius 1 is 1.39 bits per heavy atom. The van der Waals surface area contributed by atoms with Crippen LogP contribution in [0, 0.1) is 5.82 Å². The molecule has 0 aliphatic carbocycles. The van der Waals surface area contributed by atoms with Crippen molar-refractivity contribution in [1.29, 1.82) is 0 Å². The van der Waals surface area contributed by atoms with E-state index in [-0.39, 0.29) is 24.5 Å². The van der Waals surface area contributed by atoms with E-state index in [1.165, 1.54) is 17.7 Å². The van der Waals surface area contributed by atoms with E-state index in [1.807, 2.05) is 0 Å². The van der Waals surface area contributed by atoms with Crippen LogP contribution in [0.4, 0.5) is 4.39 Å². The molecule has 1 aromatic carbocycles. The number of carbonyl (C=O) groups excluding carboxylic acids is 2. The first-order chi connectivity index (χ1) is 13.3. The van der Waals surface area contributed by atoms with Crippen molar-refractivity contribution in [2.75, 3.05) is 13.7 Å². The highest BCUT2D eigenvalue weighted by Gasteiger charge is 2.26. The molecule has 28 heavy (non-hydrogen) atoms. The summed E-state index contributed by atoms with van der Waals surface area (Å²) >= 11 is 0. The van der Waals surface area contributed by atoms with Crippen molar-refractivity contribution in [3.8, 4) is 5.75 Å². The minimum atomic E-state index is -0.803. The Bertz CT molecular complexity index is 1000. The molecular weight excluding hydrogens is 371 g/mol. The number of aromatic nitrogens is 2. The fourth-order valence-corrected chi connectivity index (χ4v) is 2.95. The summed E-state index contributed by atoms with van der Waals surface area (Å²) in [7, 11) is 1.40. The first-order valence-electron chi connectivity index (χ1n) is 8.57. The molecule has 1 aliphatic heterocycles. The second-order valence-corrected chi connectivity index (χ2v) is 6.20. The molecule has 2 aromatic rings. The van der Waals surface area contributed by atoms with E-state index in [2.05, 4.69) is 15.6 Å². The number of hydrogen-bond acceptors (Lipinski definition) is 6. The summed E-state index contributed by atoms with van der Waals surface area (Å²) in [5.74, 6) is -2.43. The number of fused-ring (bicyclic) bond motifs is 1. The number of amides is 2. The van der Waals surface area contributed by atoms with Crippen molar-refractivity contribution >= 4 is 11.8 Å². The molecular formula is C18H19FN4O5. The maximum atomic E-state index is 13.4. The first kappa shape index (κ1) is 19.5. The van der Waals surface area contributed by atoms with E-state index in [9.17, 15) is 23.9 Å². The number of ether oxygens (including phenoxy) is 1. The van der Waals surface area contributed by atoms with Crippen LogP contribution in [0.5, 0.6) is 5.75 Å². The number of nitrogens with one attached hydrogen (secondary N) is 2. The summed E-state index contributed by atoms with van der Waals surface area (Å²) in [6.45, 7) is 2.08. The van der Waals surface area contributed by atoms with Crippen LogP contribution in [-0.4, -0.2) is 40.1 Å². The molecule has 1 unspecified atom stereocenters. The summed E-state index contributed by atoms with van der Waals surface area (Å²) in [5, 5.41) is 15.0. The number of benzene rings is 1. The van der Waals surface area contributed by atoms with Gasteiger partial charge in [0.1, 0.15) is 17.7 Å². The van der Waals surface area contributed by atoms with Gasteiger partial charge in [0.2, 0.25) is 5.75 Å². The smallest absolute Gasteiger partial charge is 0.296 e. The van der Waals surface area contributed by atoms with Crippen molar-refractivity contribution < 1.29 is 23.8 Å². The van der Waals surface area contributed by atoms with Crippen molar-refractivity contribution in [2.24, 2.45) is 0 Å². The Morgan fingerprint density at radius 3 is 2.86 bits per heavy atom.